The molecule has 3 heterocycles. The van der Waals surface area contributed by atoms with Crippen LogP contribution in [0.25, 0.3) is 51.3 Å². The minimum absolute atomic E-state index is 0.607. The number of hydrogen-bond donors (Lipinski definition) is 1. The van der Waals surface area contributed by atoms with Crippen LogP contribution in [0.15, 0.2) is 138 Å². The topological polar surface area (TPSA) is 58.9 Å². The Morgan fingerprint density at radius 3 is 2.05 bits per heavy atom. The Bertz CT molecular complexity index is 2020. The van der Waals surface area contributed by atoms with Crippen molar-refractivity contribution >= 4 is 40.3 Å². The molecule has 196 valence electrons. The van der Waals surface area contributed by atoms with Gasteiger partial charge < -0.3 is 0 Å². The van der Waals surface area contributed by atoms with Crippen LogP contribution in [0, 0.1) is 0 Å². The summed E-state index contributed by atoms with van der Waals surface area (Å²) in [7, 11) is 0. The Kier molecular flexibility index (Phi) is 6.65. The molecule has 6 heteroatoms. The number of aromatic nitrogens is 4. The van der Waals surface area contributed by atoms with Gasteiger partial charge in [-0.05, 0) is 46.5 Å². The minimum atomic E-state index is 0.607. The number of pyridine rings is 1. The van der Waals surface area contributed by atoms with Gasteiger partial charge in [-0.15, -0.1) is 11.3 Å². The summed E-state index contributed by atoms with van der Waals surface area (Å²) in [6.45, 7) is 0. The highest BCUT2D eigenvalue weighted by molar-refractivity contribution is 7.07. The second-order valence-electron chi connectivity index (χ2n) is 9.53. The number of fused-ring (bicyclic) bond motifs is 1. The summed E-state index contributed by atoms with van der Waals surface area (Å²) in [5.74, 6) is 0.607. The molecular formula is C35H25N5S. The number of thiazole rings is 1. The summed E-state index contributed by atoms with van der Waals surface area (Å²) in [5, 5.41) is 10.9. The quantitative estimate of drug-likeness (QED) is 0.227. The van der Waals surface area contributed by atoms with E-state index in [9.17, 15) is 0 Å². The van der Waals surface area contributed by atoms with E-state index in [1.54, 1.807) is 11.3 Å². The molecule has 0 saturated heterocycles. The summed E-state index contributed by atoms with van der Waals surface area (Å²) in [6.07, 6.45) is 4.11. The standard InChI is InChI=1S/C35H25N5S/c1-5-13-25(14-6-1)21-22-28-23-30(26-15-7-2-8-16-26)32-33(36-28)38-39-34(32)37-35-40(29-19-11-4-12-20-29)31(24-41-35)27-17-9-3-10-18-27/h1-24H,(H,36,38,39)/b22-21+,37-35?. The largest absolute Gasteiger partial charge is 0.285 e. The van der Waals surface area contributed by atoms with Crippen molar-refractivity contribution in [3.05, 3.63) is 149 Å². The Labute approximate surface area is 241 Å². The van der Waals surface area contributed by atoms with E-state index in [1.165, 1.54) is 0 Å². The van der Waals surface area contributed by atoms with E-state index in [2.05, 4.69) is 93.0 Å². The highest BCUT2D eigenvalue weighted by Crippen LogP contribution is 2.34. The second-order valence-corrected chi connectivity index (χ2v) is 10.4. The van der Waals surface area contributed by atoms with Gasteiger partial charge >= 0.3 is 0 Å². The highest BCUT2D eigenvalue weighted by Gasteiger charge is 2.16. The van der Waals surface area contributed by atoms with E-state index in [0.29, 0.717) is 11.5 Å². The van der Waals surface area contributed by atoms with Crippen molar-refractivity contribution in [1.29, 1.82) is 0 Å². The first kappa shape index (κ1) is 24.7. The molecule has 0 fully saturated rings. The first-order valence-corrected chi connectivity index (χ1v) is 14.3. The molecule has 0 bridgehead atoms. The fourth-order valence-electron chi connectivity index (χ4n) is 4.91. The number of para-hydroxylation sites is 1. The molecule has 0 spiro atoms. The van der Waals surface area contributed by atoms with E-state index in [-0.39, 0.29) is 0 Å². The molecule has 0 amide bonds. The smallest absolute Gasteiger partial charge is 0.196 e. The van der Waals surface area contributed by atoms with Gasteiger partial charge in [0.05, 0.1) is 16.8 Å². The van der Waals surface area contributed by atoms with E-state index >= 15 is 0 Å². The van der Waals surface area contributed by atoms with Crippen LogP contribution in [-0.2, 0) is 0 Å². The van der Waals surface area contributed by atoms with Crippen molar-refractivity contribution in [2.24, 2.45) is 4.99 Å². The van der Waals surface area contributed by atoms with Crippen LogP contribution in [0.5, 0.6) is 0 Å². The van der Waals surface area contributed by atoms with Crippen LogP contribution in [0.3, 0.4) is 0 Å². The molecule has 7 rings (SSSR count). The van der Waals surface area contributed by atoms with E-state index < -0.39 is 0 Å². The molecule has 0 saturated carbocycles. The molecular weight excluding hydrogens is 522 g/mol. The fourth-order valence-corrected chi connectivity index (χ4v) is 5.81. The third-order valence-corrected chi connectivity index (χ3v) is 7.68. The Morgan fingerprint density at radius 1 is 0.707 bits per heavy atom. The number of nitrogens with zero attached hydrogens (tertiary/aromatic N) is 4. The number of H-pyrrole nitrogens is 1. The van der Waals surface area contributed by atoms with Gasteiger partial charge in [-0.1, -0.05) is 115 Å². The van der Waals surface area contributed by atoms with Gasteiger partial charge in [-0.25, -0.2) is 4.98 Å². The van der Waals surface area contributed by atoms with Crippen molar-refractivity contribution in [2.45, 2.75) is 0 Å². The van der Waals surface area contributed by atoms with Gasteiger partial charge in [0.15, 0.2) is 16.3 Å². The van der Waals surface area contributed by atoms with Gasteiger partial charge in [0, 0.05) is 11.1 Å². The fraction of sp³-hybridized carbons (Fsp3) is 0. The third kappa shape index (κ3) is 5.04. The molecule has 0 aliphatic rings. The maximum absolute atomic E-state index is 5.14. The number of benzene rings is 4. The lowest BCUT2D eigenvalue weighted by Gasteiger charge is -2.09. The summed E-state index contributed by atoms with van der Waals surface area (Å²) in [6, 6.07) is 43.4. The van der Waals surface area contributed by atoms with Crippen LogP contribution < -0.4 is 4.80 Å². The van der Waals surface area contributed by atoms with Crippen LogP contribution >= 0.6 is 11.3 Å². The van der Waals surface area contributed by atoms with Gasteiger partial charge in [0.25, 0.3) is 0 Å². The normalized spacial score (nSPS) is 12.0. The summed E-state index contributed by atoms with van der Waals surface area (Å²) in [4.78, 5) is 10.9. The van der Waals surface area contributed by atoms with Crippen LogP contribution in [-0.4, -0.2) is 19.7 Å². The van der Waals surface area contributed by atoms with Gasteiger partial charge in [-0.3, -0.25) is 9.67 Å². The minimum Gasteiger partial charge on any atom is -0.285 e. The zero-order valence-electron chi connectivity index (χ0n) is 22.1. The zero-order chi connectivity index (χ0) is 27.4. The SMILES string of the molecule is C(=C\c1cc(-c2ccccc2)c2c(N=c3scc(-c4ccccc4)n3-c3ccccc3)n[nH]c2n1)/c1ccccc1. The van der Waals surface area contributed by atoms with Crippen molar-refractivity contribution < 1.29 is 0 Å². The highest BCUT2D eigenvalue weighted by atomic mass is 32.1. The zero-order valence-corrected chi connectivity index (χ0v) is 22.9. The van der Waals surface area contributed by atoms with Crippen LogP contribution in [0.2, 0.25) is 0 Å². The monoisotopic (exact) mass is 547 g/mol. The lowest BCUT2D eigenvalue weighted by molar-refractivity contribution is 0.996. The summed E-state index contributed by atoms with van der Waals surface area (Å²) in [5.41, 5.74) is 8.02. The predicted molar refractivity (Wildman–Crippen MR) is 169 cm³/mol. The molecule has 5 nitrogen and oxygen atoms in total. The maximum atomic E-state index is 5.14. The maximum Gasteiger partial charge on any atom is 0.196 e. The molecule has 41 heavy (non-hydrogen) atoms. The van der Waals surface area contributed by atoms with Crippen molar-refractivity contribution in [2.75, 3.05) is 0 Å². The number of hydrogen-bond acceptors (Lipinski definition) is 4. The average Bonchev–Trinajstić information content (AvgIpc) is 3.66. The number of rotatable bonds is 6. The van der Waals surface area contributed by atoms with Crippen LogP contribution in [0.4, 0.5) is 5.82 Å². The van der Waals surface area contributed by atoms with Crippen molar-refractivity contribution in [1.82, 2.24) is 19.7 Å². The van der Waals surface area contributed by atoms with Crippen LogP contribution in [0.1, 0.15) is 11.3 Å². The van der Waals surface area contributed by atoms with E-state index in [4.69, 9.17) is 9.98 Å². The molecule has 7 aromatic rings. The first-order valence-electron chi connectivity index (χ1n) is 13.4. The summed E-state index contributed by atoms with van der Waals surface area (Å²) >= 11 is 1.59. The van der Waals surface area contributed by atoms with E-state index in [1.807, 2.05) is 66.7 Å². The molecule has 0 atom stereocenters. The van der Waals surface area contributed by atoms with Gasteiger partial charge in [0.1, 0.15) is 0 Å². The predicted octanol–water partition coefficient (Wildman–Crippen LogP) is 8.55. The molecule has 0 aliphatic heterocycles. The molecule has 4 aromatic carbocycles. The summed E-state index contributed by atoms with van der Waals surface area (Å²) < 4.78 is 2.19. The van der Waals surface area contributed by atoms with Gasteiger partial charge in [0.2, 0.25) is 0 Å². The molecule has 1 N–H and O–H groups in total. The Morgan fingerprint density at radius 2 is 1.34 bits per heavy atom. The average molecular weight is 548 g/mol. The Balaban J connectivity index is 1.42. The number of nitrogens with one attached hydrogen (secondary N) is 1. The van der Waals surface area contributed by atoms with Crippen molar-refractivity contribution in [3.8, 4) is 28.1 Å². The van der Waals surface area contributed by atoms with Crippen molar-refractivity contribution in [3.63, 3.8) is 0 Å². The van der Waals surface area contributed by atoms with E-state index in [0.717, 1.165) is 49.5 Å². The second kappa shape index (κ2) is 11.0. The number of aromatic amines is 1. The molecule has 0 radical (unpaired) electrons. The lowest BCUT2D eigenvalue weighted by atomic mass is 10.0. The molecule has 3 aromatic heterocycles. The molecule has 0 aliphatic carbocycles. The third-order valence-electron chi connectivity index (χ3n) is 6.86. The van der Waals surface area contributed by atoms with Gasteiger partial charge in [-0.2, -0.15) is 10.1 Å². The lowest BCUT2D eigenvalue weighted by Crippen LogP contribution is -2.13. The first-order chi connectivity index (χ1) is 20.3. The molecule has 0 unspecified atom stereocenters. The Hall–Kier alpha value is -5.33.